The average Bonchev–Trinajstić information content (AvgIpc) is 2.53. The molecule has 0 saturated carbocycles. The van der Waals surface area contributed by atoms with Crippen LogP contribution in [-0.2, 0) is 0 Å². The summed E-state index contributed by atoms with van der Waals surface area (Å²) in [5.41, 5.74) is 1.83. The molecule has 0 aliphatic rings. The number of carboxylic acids is 1. The molecule has 0 atom stereocenters. The summed E-state index contributed by atoms with van der Waals surface area (Å²) in [5.74, 6) is -1.03. The standard InChI is InChI=1S/C18H18ClNO4/c1-10(2)24-16-7-5-11(8-14(16)18(22)23)12-4-6-13(15(19)9-12)17(21)20-3/h4-10H,1-3H3,(H,20,21)(H,22,23). The van der Waals surface area contributed by atoms with Crippen LogP contribution in [-0.4, -0.2) is 30.1 Å². The van der Waals surface area contributed by atoms with E-state index in [0.29, 0.717) is 27.5 Å². The van der Waals surface area contributed by atoms with Gasteiger partial charge in [0, 0.05) is 7.05 Å². The Morgan fingerprint density at radius 1 is 1.08 bits per heavy atom. The number of amides is 1. The maximum Gasteiger partial charge on any atom is 0.339 e. The molecule has 0 radical (unpaired) electrons. The zero-order valence-electron chi connectivity index (χ0n) is 13.6. The van der Waals surface area contributed by atoms with Gasteiger partial charge in [-0.3, -0.25) is 4.79 Å². The van der Waals surface area contributed by atoms with Gasteiger partial charge in [-0.2, -0.15) is 0 Å². The molecule has 0 aliphatic heterocycles. The third-order valence-electron chi connectivity index (χ3n) is 3.35. The molecule has 1 amide bonds. The molecule has 5 nitrogen and oxygen atoms in total. The molecule has 0 aromatic heterocycles. The Morgan fingerprint density at radius 2 is 1.71 bits per heavy atom. The van der Waals surface area contributed by atoms with Gasteiger partial charge >= 0.3 is 5.97 Å². The first kappa shape index (κ1) is 17.8. The largest absolute Gasteiger partial charge is 0.490 e. The molecule has 24 heavy (non-hydrogen) atoms. The summed E-state index contributed by atoms with van der Waals surface area (Å²) < 4.78 is 5.53. The molecule has 0 spiro atoms. The second-order valence-corrected chi connectivity index (χ2v) is 5.86. The van der Waals surface area contributed by atoms with Gasteiger partial charge in [-0.05, 0) is 49.2 Å². The normalized spacial score (nSPS) is 10.5. The SMILES string of the molecule is CNC(=O)c1ccc(-c2ccc(OC(C)C)c(C(=O)O)c2)cc1Cl. The van der Waals surface area contributed by atoms with E-state index in [9.17, 15) is 14.7 Å². The summed E-state index contributed by atoms with van der Waals surface area (Å²) in [6.07, 6.45) is -0.129. The van der Waals surface area contributed by atoms with Gasteiger partial charge in [0.15, 0.2) is 0 Å². The monoisotopic (exact) mass is 347 g/mol. The van der Waals surface area contributed by atoms with Crippen molar-refractivity contribution in [2.24, 2.45) is 0 Å². The fourth-order valence-corrected chi connectivity index (χ4v) is 2.51. The summed E-state index contributed by atoms with van der Waals surface area (Å²) in [4.78, 5) is 23.2. The maximum absolute atomic E-state index is 11.7. The minimum atomic E-state index is -1.07. The van der Waals surface area contributed by atoms with E-state index in [1.807, 2.05) is 13.8 Å². The van der Waals surface area contributed by atoms with Gasteiger partial charge in [-0.15, -0.1) is 0 Å². The van der Waals surface area contributed by atoms with E-state index in [1.54, 1.807) is 30.3 Å². The minimum Gasteiger partial charge on any atom is -0.490 e. The van der Waals surface area contributed by atoms with Crippen molar-refractivity contribution in [3.05, 3.63) is 52.5 Å². The van der Waals surface area contributed by atoms with E-state index in [4.69, 9.17) is 16.3 Å². The molecule has 0 heterocycles. The Hall–Kier alpha value is -2.53. The van der Waals surface area contributed by atoms with Gasteiger partial charge in [0.1, 0.15) is 11.3 Å². The second-order valence-electron chi connectivity index (χ2n) is 5.46. The number of rotatable bonds is 5. The number of hydrogen-bond acceptors (Lipinski definition) is 3. The van der Waals surface area contributed by atoms with Crippen molar-refractivity contribution in [1.82, 2.24) is 5.32 Å². The lowest BCUT2D eigenvalue weighted by Crippen LogP contribution is -2.18. The number of hydrogen-bond donors (Lipinski definition) is 2. The summed E-state index contributed by atoms with van der Waals surface area (Å²) in [5, 5.41) is 12.2. The molecule has 6 heteroatoms. The number of benzene rings is 2. The summed E-state index contributed by atoms with van der Waals surface area (Å²) >= 11 is 6.15. The maximum atomic E-state index is 11.7. The Labute approximate surface area is 145 Å². The Bertz CT molecular complexity index is 787. The highest BCUT2D eigenvalue weighted by atomic mass is 35.5. The number of carbonyl (C=O) groups is 2. The topological polar surface area (TPSA) is 75.6 Å². The van der Waals surface area contributed by atoms with Gasteiger partial charge < -0.3 is 15.2 Å². The number of halogens is 1. The first-order chi connectivity index (χ1) is 11.3. The van der Waals surface area contributed by atoms with E-state index in [-0.39, 0.29) is 17.6 Å². The molecule has 2 aromatic rings. The average molecular weight is 348 g/mol. The van der Waals surface area contributed by atoms with Crippen LogP contribution >= 0.6 is 11.6 Å². The van der Waals surface area contributed by atoms with Crippen LogP contribution in [0.4, 0.5) is 0 Å². The van der Waals surface area contributed by atoms with Crippen molar-refractivity contribution in [3.63, 3.8) is 0 Å². The highest BCUT2D eigenvalue weighted by molar-refractivity contribution is 6.34. The Kier molecular flexibility index (Phi) is 5.46. The smallest absolute Gasteiger partial charge is 0.339 e. The minimum absolute atomic E-state index is 0.0766. The predicted octanol–water partition coefficient (Wildman–Crippen LogP) is 3.85. The lowest BCUT2D eigenvalue weighted by molar-refractivity contribution is 0.0690. The fraction of sp³-hybridized carbons (Fsp3) is 0.222. The molecule has 2 N–H and O–H groups in total. The Balaban J connectivity index is 2.46. The predicted molar refractivity (Wildman–Crippen MR) is 93.0 cm³/mol. The van der Waals surface area contributed by atoms with Crippen LogP contribution in [0.1, 0.15) is 34.6 Å². The summed E-state index contributed by atoms with van der Waals surface area (Å²) in [7, 11) is 1.53. The van der Waals surface area contributed by atoms with E-state index < -0.39 is 5.97 Å². The van der Waals surface area contributed by atoms with Crippen molar-refractivity contribution in [3.8, 4) is 16.9 Å². The van der Waals surface area contributed by atoms with Gasteiger partial charge in [0.2, 0.25) is 0 Å². The third-order valence-corrected chi connectivity index (χ3v) is 3.66. The zero-order valence-corrected chi connectivity index (χ0v) is 14.3. The number of ether oxygens (including phenoxy) is 1. The van der Waals surface area contributed by atoms with Crippen LogP contribution in [0.15, 0.2) is 36.4 Å². The number of nitrogens with one attached hydrogen (secondary N) is 1. The van der Waals surface area contributed by atoms with Crippen LogP contribution in [0.25, 0.3) is 11.1 Å². The van der Waals surface area contributed by atoms with Crippen molar-refractivity contribution < 1.29 is 19.4 Å². The molecule has 2 rings (SSSR count). The van der Waals surface area contributed by atoms with E-state index in [0.717, 1.165) is 0 Å². The fourth-order valence-electron chi connectivity index (χ4n) is 2.25. The van der Waals surface area contributed by atoms with Crippen LogP contribution in [0, 0.1) is 0 Å². The summed E-state index contributed by atoms with van der Waals surface area (Å²) in [6.45, 7) is 3.66. The van der Waals surface area contributed by atoms with E-state index >= 15 is 0 Å². The number of aromatic carboxylic acids is 1. The van der Waals surface area contributed by atoms with Gasteiger partial charge in [0.25, 0.3) is 5.91 Å². The number of carboxylic acid groups (broad SMARTS) is 1. The highest BCUT2D eigenvalue weighted by Crippen LogP contribution is 2.30. The molecule has 0 saturated heterocycles. The molecule has 126 valence electrons. The molecule has 0 fully saturated rings. The second kappa shape index (κ2) is 7.36. The Morgan fingerprint density at radius 3 is 2.25 bits per heavy atom. The van der Waals surface area contributed by atoms with Crippen LogP contribution in [0.5, 0.6) is 5.75 Å². The molecule has 0 unspecified atom stereocenters. The molecule has 0 aliphatic carbocycles. The van der Waals surface area contributed by atoms with Crippen LogP contribution in [0.3, 0.4) is 0 Å². The number of carbonyl (C=O) groups excluding carboxylic acids is 1. The van der Waals surface area contributed by atoms with Gasteiger partial charge in [-0.1, -0.05) is 23.7 Å². The lowest BCUT2D eigenvalue weighted by atomic mass is 10.0. The molecular formula is C18H18ClNO4. The van der Waals surface area contributed by atoms with E-state index in [1.165, 1.54) is 13.1 Å². The molecule has 0 bridgehead atoms. The first-order valence-electron chi connectivity index (χ1n) is 7.39. The van der Waals surface area contributed by atoms with Crippen LogP contribution in [0.2, 0.25) is 5.02 Å². The van der Waals surface area contributed by atoms with E-state index in [2.05, 4.69) is 5.32 Å². The molecule has 2 aromatic carbocycles. The van der Waals surface area contributed by atoms with Crippen molar-refractivity contribution >= 4 is 23.5 Å². The first-order valence-corrected chi connectivity index (χ1v) is 7.77. The van der Waals surface area contributed by atoms with Crippen LogP contribution < -0.4 is 10.1 Å². The summed E-state index contributed by atoms with van der Waals surface area (Å²) in [6, 6.07) is 9.88. The van der Waals surface area contributed by atoms with Gasteiger partial charge in [0.05, 0.1) is 16.7 Å². The molecular weight excluding hydrogens is 330 g/mol. The highest BCUT2D eigenvalue weighted by Gasteiger charge is 2.15. The third kappa shape index (κ3) is 3.86. The zero-order chi connectivity index (χ0) is 17.9. The van der Waals surface area contributed by atoms with Gasteiger partial charge in [-0.25, -0.2) is 4.79 Å². The van der Waals surface area contributed by atoms with Crippen molar-refractivity contribution in [1.29, 1.82) is 0 Å². The van der Waals surface area contributed by atoms with Crippen molar-refractivity contribution in [2.75, 3.05) is 7.05 Å². The quantitative estimate of drug-likeness (QED) is 0.861. The van der Waals surface area contributed by atoms with Crippen molar-refractivity contribution in [2.45, 2.75) is 20.0 Å². The lowest BCUT2D eigenvalue weighted by Gasteiger charge is -2.14.